The van der Waals surface area contributed by atoms with E-state index in [0.717, 1.165) is 96.3 Å². The number of rotatable bonds is 59. The second kappa shape index (κ2) is 59.1. The van der Waals surface area contributed by atoms with Crippen LogP contribution >= 0.6 is 7.82 Å². The van der Waals surface area contributed by atoms with Crippen molar-refractivity contribution in [1.29, 1.82) is 0 Å². The van der Waals surface area contributed by atoms with E-state index in [-0.39, 0.29) is 37.9 Å². The molecule has 0 saturated heterocycles. The lowest BCUT2D eigenvalue weighted by Crippen LogP contribution is -2.47. The first-order chi connectivity index (χ1) is 38.9. The zero-order chi connectivity index (χ0) is 58.6. The van der Waals surface area contributed by atoms with Crippen molar-refractivity contribution in [3.05, 3.63) is 97.2 Å². The molecule has 0 radical (unpaired) electrons. The van der Waals surface area contributed by atoms with Crippen LogP contribution in [0.4, 0.5) is 0 Å². The molecule has 0 aliphatic rings. The quantitative estimate of drug-likeness (QED) is 0.0205. The number of amides is 1. The number of nitrogens with zero attached hydrogens (tertiary/aromatic N) is 1. The van der Waals surface area contributed by atoms with Gasteiger partial charge in [0.15, 0.2) is 0 Å². The number of phosphoric ester groups is 1. The maximum absolute atomic E-state index is 13.6. The van der Waals surface area contributed by atoms with Gasteiger partial charge in [0.1, 0.15) is 19.3 Å². The number of nitrogens with one attached hydrogen (secondary N) is 1. The molecular weight excluding hydrogens is 1010 g/mol. The van der Waals surface area contributed by atoms with Crippen LogP contribution in [-0.4, -0.2) is 74.3 Å². The Labute approximate surface area is 494 Å². The SMILES string of the molecule is CC/C=C\C/C=C\C/C=C\C/C=C\C/C=C\CCCCCC(=O)NC(COP(=O)(O)OCC[N+](C)(C)C)C(/C=C/CCCCCCCCCCCC)OC(=O)CCCCCCCCCCCCCCC/C=C\C/C=C\CCCCC. The van der Waals surface area contributed by atoms with Gasteiger partial charge in [0.05, 0.1) is 33.8 Å². The molecule has 0 heterocycles. The Morgan fingerprint density at radius 2 is 0.800 bits per heavy atom. The number of hydrogen-bond acceptors (Lipinski definition) is 6. The summed E-state index contributed by atoms with van der Waals surface area (Å²) in [5.74, 6) is -0.543. The zero-order valence-corrected chi connectivity index (χ0v) is 53.7. The number of phosphoric acid groups is 1. The molecule has 3 unspecified atom stereocenters. The Balaban J connectivity index is 5.21. The predicted octanol–water partition coefficient (Wildman–Crippen LogP) is 20.7. The van der Waals surface area contributed by atoms with E-state index in [1.165, 1.54) is 148 Å². The Hall–Kier alpha value is -3.07. The topological polar surface area (TPSA) is 111 Å². The number of likely N-dealkylation sites (N-methyl/N-ethyl adjacent to an activating group) is 1. The highest BCUT2D eigenvalue weighted by molar-refractivity contribution is 7.47. The largest absolute Gasteiger partial charge is 0.472 e. The van der Waals surface area contributed by atoms with Gasteiger partial charge < -0.3 is 19.4 Å². The molecule has 0 aromatic carbocycles. The molecule has 1 amide bonds. The van der Waals surface area contributed by atoms with E-state index in [4.69, 9.17) is 13.8 Å². The Kier molecular flexibility index (Phi) is 56.8. The molecule has 10 heteroatoms. The van der Waals surface area contributed by atoms with Crippen LogP contribution in [0.1, 0.15) is 284 Å². The second-order valence-electron chi connectivity index (χ2n) is 23.3. The number of allylic oxidation sites excluding steroid dienone is 15. The van der Waals surface area contributed by atoms with Crippen molar-refractivity contribution in [2.24, 2.45) is 0 Å². The second-order valence-corrected chi connectivity index (χ2v) is 24.7. The zero-order valence-electron chi connectivity index (χ0n) is 52.8. The maximum atomic E-state index is 13.6. The molecule has 0 saturated carbocycles. The molecule has 0 aliphatic carbocycles. The van der Waals surface area contributed by atoms with Gasteiger partial charge in [0.2, 0.25) is 5.91 Å². The molecule has 0 rings (SSSR count). The minimum atomic E-state index is -4.47. The van der Waals surface area contributed by atoms with E-state index in [1.54, 1.807) is 0 Å². The summed E-state index contributed by atoms with van der Waals surface area (Å²) >= 11 is 0. The number of quaternary nitrogens is 1. The molecule has 3 atom stereocenters. The van der Waals surface area contributed by atoms with Crippen molar-refractivity contribution in [1.82, 2.24) is 5.32 Å². The van der Waals surface area contributed by atoms with Gasteiger partial charge in [-0.3, -0.25) is 18.6 Å². The third-order valence-electron chi connectivity index (χ3n) is 14.3. The van der Waals surface area contributed by atoms with Crippen LogP contribution < -0.4 is 5.32 Å². The molecule has 0 spiro atoms. The summed E-state index contributed by atoms with van der Waals surface area (Å²) in [7, 11) is 1.47. The number of unbranched alkanes of at least 4 members (excludes halogenated alkanes) is 29. The lowest BCUT2D eigenvalue weighted by molar-refractivity contribution is -0.870. The summed E-state index contributed by atoms with van der Waals surface area (Å²) in [5, 5.41) is 3.04. The van der Waals surface area contributed by atoms with Crippen LogP contribution in [0.15, 0.2) is 97.2 Å². The highest BCUT2D eigenvalue weighted by Crippen LogP contribution is 2.43. The van der Waals surface area contributed by atoms with Gasteiger partial charge in [0.25, 0.3) is 0 Å². The van der Waals surface area contributed by atoms with Gasteiger partial charge in [-0.15, -0.1) is 0 Å². The first kappa shape index (κ1) is 76.9. The average Bonchev–Trinajstić information content (AvgIpc) is 3.42. The summed E-state index contributed by atoms with van der Waals surface area (Å²) in [6.45, 7) is 6.86. The van der Waals surface area contributed by atoms with Crippen molar-refractivity contribution in [2.45, 2.75) is 296 Å². The lowest BCUT2D eigenvalue weighted by atomic mass is 10.0. The first-order valence-electron chi connectivity index (χ1n) is 33.1. The summed E-state index contributed by atoms with van der Waals surface area (Å²) < 4.78 is 30.7. The van der Waals surface area contributed by atoms with Gasteiger partial charge in [-0.2, -0.15) is 0 Å². The number of hydrogen-bond donors (Lipinski definition) is 2. The van der Waals surface area contributed by atoms with Gasteiger partial charge in [-0.05, 0) is 109 Å². The van der Waals surface area contributed by atoms with E-state index in [1.807, 2.05) is 33.3 Å². The van der Waals surface area contributed by atoms with Gasteiger partial charge >= 0.3 is 13.8 Å². The molecule has 462 valence electrons. The van der Waals surface area contributed by atoms with Crippen molar-refractivity contribution < 1.29 is 37.3 Å². The fraction of sp³-hybridized carbons (Fsp3) is 0.743. The van der Waals surface area contributed by atoms with E-state index in [9.17, 15) is 19.0 Å². The van der Waals surface area contributed by atoms with Crippen LogP contribution in [0.2, 0.25) is 0 Å². The summed E-state index contributed by atoms with van der Waals surface area (Å²) in [6.07, 6.45) is 79.8. The normalized spacial score (nSPS) is 14.2. The summed E-state index contributed by atoms with van der Waals surface area (Å²) in [4.78, 5) is 37.8. The highest BCUT2D eigenvalue weighted by Gasteiger charge is 2.30. The molecule has 0 aromatic rings. The van der Waals surface area contributed by atoms with E-state index < -0.39 is 20.0 Å². The summed E-state index contributed by atoms with van der Waals surface area (Å²) in [5.41, 5.74) is 0. The molecule has 80 heavy (non-hydrogen) atoms. The molecule has 0 bridgehead atoms. The van der Waals surface area contributed by atoms with Crippen molar-refractivity contribution in [3.63, 3.8) is 0 Å². The standard InChI is InChI=1S/C70H125N2O7P/c1-7-10-13-16-19-22-25-28-30-32-34-35-36-37-39-41-43-45-48-51-54-57-60-63-70(74)79-68(61-58-55-52-49-46-27-24-21-18-15-12-9-3)67(66-78-80(75,76)77-65-64-72(4,5)6)71-69(73)62-59-56-53-50-47-44-42-40-38-33-31-29-26-23-20-17-14-11-8-2/h11,14,19-20,22-23,28-31,38,40,44,47,58,61,67-68H,7-10,12-13,15-18,21,24-27,32-37,39,41-43,45-46,48-57,59-60,62-66H2,1-6H3,(H-,71,73,75,76)/p+1/b14-11-,22-19-,23-20-,30-28-,31-29-,40-38-,47-44-,61-58+. The van der Waals surface area contributed by atoms with Crippen LogP contribution in [-0.2, 0) is 27.9 Å². The monoisotopic (exact) mass is 1140 g/mol. The fourth-order valence-electron chi connectivity index (χ4n) is 9.17. The van der Waals surface area contributed by atoms with E-state index in [2.05, 4.69) is 111 Å². The van der Waals surface area contributed by atoms with Gasteiger partial charge in [0, 0.05) is 12.8 Å². The van der Waals surface area contributed by atoms with Gasteiger partial charge in [-0.25, -0.2) is 4.57 Å². The lowest BCUT2D eigenvalue weighted by Gasteiger charge is -2.27. The Morgan fingerprint density at radius 1 is 0.450 bits per heavy atom. The van der Waals surface area contributed by atoms with Crippen LogP contribution in [0.5, 0.6) is 0 Å². The summed E-state index contributed by atoms with van der Waals surface area (Å²) in [6, 6.07) is -0.871. The van der Waals surface area contributed by atoms with Crippen molar-refractivity contribution >= 4 is 19.7 Å². The Morgan fingerprint density at radius 3 is 1.24 bits per heavy atom. The number of esters is 1. The number of ether oxygens (including phenoxy) is 1. The maximum Gasteiger partial charge on any atom is 0.472 e. The van der Waals surface area contributed by atoms with Crippen molar-refractivity contribution in [2.75, 3.05) is 40.9 Å². The highest BCUT2D eigenvalue weighted by atomic mass is 31.2. The fourth-order valence-corrected chi connectivity index (χ4v) is 9.91. The Bertz CT molecular complexity index is 1690. The molecule has 0 fully saturated rings. The minimum Gasteiger partial charge on any atom is -0.456 e. The molecular formula is C70H126N2O7P+. The first-order valence-corrected chi connectivity index (χ1v) is 34.6. The van der Waals surface area contributed by atoms with Gasteiger partial charge in [-0.1, -0.05) is 260 Å². The van der Waals surface area contributed by atoms with Crippen LogP contribution in [0, 0.1) is 0 Å². The van der Waals surface area contributed by atoms with Crippen LogP contribution in [0.3, 0.4) is 0 Å². The average molecular weight is 1140 g/mol. The smallest absolute Gasteiger partial charge is 0.456 e. The number of carbonyl (C=O) groups excluding carboxylic acids is 2. The molecule has 9 nitrogen and oxygen atoms in total. The number of carbonyl (C=O) groups is 2. The van der Waals surface area contributed by atoms with Crippen LogP contribution in [0.25, 0.3) is 0 Å². The third-order valence-corrected chi connectivity index (χ3v) is 15.2. The minimum absolute atomic E-state index is 0.0296. The van der Waals surface area contributed by atoms with E-state index >= 15 is 0 Å². The molecule has 2 N–H and O–H groups in total. The van der Waals surface area contributed by atoms with Crippen molar-refractivity contribution in [3.8, 4) is 0 Å². The van der Waals surface area contributed by atoms with E-state index in [0.29, 0.717) is 17.4 Å². The predicted molar refractivity (Wildman–Crippen MR) is 346 cm³/mol. The molecule has 0 aromatic heterocycles. The molecule has 0 aliphatic heterocycles. The third kappa shape index (κ3) is 59.5.